The van der Waals surface area contributed by atoms with Crippen molar-refractivity contribution in [1.29, 1.82) is 0 Å². The lowest BCUT2D eigenvalue weighted by molar-refractivity contribution is -0.384. The van der Waals surface area contributed by atoms with Crippen molar-refractivity contribution in [3.63, 3.8) is 0 Å². The standard InChI is InChI=1S/C14H21N3O3/c1-2-15-12-7-13(9-14(8-12)17(18)19)16-5-6-20-10-11-3-4-11/h7-9,11,15-16H,2-6,10H2,1H3. The molecular weight excluding hydrogens is 258 g/mol. The van der Waals surface area contributed by atoms with Gasteiger partial charge in [-0.15, -0.1) is 0 Å². The fraction of sp³-hybridized carbons (Fsp3) is 0.571. The SMILES string of the molecule is CCNc1cc(NCCOCC2CC2)cc([N+](=O)[O-])c1. The lowest BCUT2D eigenvalue weighted by Crippen LogP contribution is -2.11. The summed E-state index contributed by atoms with van der Waals surface area (Å²) in [6.07, 6.45) is 2.56. The maximum atomic E-state index is 10.9. The molecule has 110 valence electrons. The van der Waals surface area contributed by atoms with E-state index in [2.05, 4.69) is 10.6 Å². The first-order chi connectivity index (χ1) is 9.69. The summed E-state index contributed by atoms with van der Waals surface area (Å²) in [6.45, 7) is 4.79. The quantitative estimate of drug-likeness (QED) is 0.413. The lowest BCUT2D eigenvalue weighted by Gasteiger charge is -2.10. The highest BCUT2D eigenvalue weighted by Gasteiger charge is 2.20. The second-order valence-corrected chi connectivity index (χ2v) is 5.00. The third-order valence-electron chi connectivity index (χ3n) is 3.14. The van der Waals surface area contributed by atoms with Gasteiger partial charge in [-0.3, -0.25) is 10.1 Å². The first kappa shape index (κ1) is 14.6. The molecule has 0 amide bonds. The Balaban J connectivity index is 1.85. The van der Waals surface area contributed by atoms with Gasteiger partial charge in [-0.05, 0) is 31.7 Å². The van der Waals surface area contributed by atoms with E-state index in [9.17, 15) is 10.1 Å². The van der Waals surface area contributed by atoms with Crippen molar-refractivity contribution in [2.45, 2.75) is 19.8 Å². The van der Waals surface area contributed by atoms with Crippen LogP contribution in [0.1, 0.15) is 19.8 Å². The molecule has 0 aromatic heterocycles. The summed E-state index contributed by atoms with van der Waals surface area (Å²) < 4.78 is 5.52. The van der Waals surface area contributed by atoms with Crippen molar-refractivity contribution in [3.05, 3.63) is 28.3 Å². The second kappa shape index (κ2) is 7.09. The van der Waals surface area contributed by atoms with Crippen LogP contribution < -0.4 is 10.6 Å². The first-order valence-electron chi connectivity index (χ1n) is 7.04. The molecule has 20 heavy (non-hydrogen) atoms. The molecule has 1 aromatic rings. The van der Waals surface area contributed by atoms with Gasteiger partial charge in [0.1, 0.15) is 0 Å². The zero-order valence-electron chi connectivity index (χ0n) is 11.7. The molecular formula is C14H21N3O3. The van der Waals surface area contributed by atoms with Crippen LogP contribution in [-0.2, 0) is 4.74 Å². The summed E-state index contributed by atoms with van der Waals surface area (Å²) >= 11 is 0. The highest BCUT2D eigenvalue weighted by Crippen LogP contribution is 2.28. The van der Waals surface area contributed by atoms with Crippen LogP contribution in [0.25, 0.3) is 0 Å². The fourth-order valence-electron chi connectivity index (χ4n) is 1.93. The number of nitro groups is 1. The van der Waals surface area contributed by atoms with Gasteiger partial charge >= 0.3 is 0 Å². The van der Waals surface area contributed by atoms with Gasteiger partial charge in [-0.1, -0.05) is 0 Å². The van der Waals surface area contributed by atoms with Gasteiger partial charge < -0.3 is 15.4 Å². The lowest BCUT2D eigenvalue weighted by atomic mass is 10.2. The predicted octanol–water partition coefficient (Wildman–Crippen LogP) is 2.87. The summed E-state index contributed by atoms with van der Waals surface area (Å²) in [7, 11) is 0. The number of nitrogens with one attached hydrogen (secondary N) is 2. The number of benzene rings is 1. The number of hydrogen-bond acceptors (Lipinski definition) is 5. The van der Waals surface area contributed by atoms with E-state index in [0.717, 1.165) is 30.4 Å². The molecule has 1 saturated carbocycles. The van der Waals surface area contributed by atoms with E-state index in [1.807, 2.05) is 13.0 Å². The molecule has 0 radical (unpaired) electrons. The fourth-order valence-corrected chi connectivity index (χ4v) is 1.93. The van der Waals surface area contributed by atoms with Crippen molar-refractivity contribution >= 4 is 17.1 Å². The largest absolute Gasteiger partial charge is 0.385 e. The average Bonchev–Trinajstić information content (AvgIpc) is 3.22. The number of nitrogens with zero attached hydrogens (tertiary/aromatic N) is 1. The highest BCUT2D eigenvalue weighted by molar-refractivity contribution is 5.63. The third kappa shape index (κ3) is 4.70. The maximum Gasteiger partial charge on any atom is 0.273 e. The molecule has 1 aliphatic carbocycles. The second-order valence-electron chi connectivity index (χ2n) is 5.00. The molecule has 6 nitrogen and oxygen atoms in total. The van der Waals surface area contributed by atoms with Crippen molar-refractivity contribution in [1.82, 2.24) is 0 Å². The Bertz CT molecular complexity index is 461. The van der Waals surface area contributed by atoms with Crippen LogP contribution in [0.15, 0.2) is 18.2 Å². The molecule has 1 aromatic carbocycles. The van der Waals surface area contributed by atoms with Crippen molar-refractivity contribution < 1.29 is 9.66 Å². The highest BCUT2D eigenvalue weighted by atomic mass is 16.6. The molecule has 0 unspecified atom stereocenters. The van der Waals surface area contributed by atoms with Crippen LogP contribution >= 0.6 is 0 Å². The molecule has 0 atom stereocenters. The Morgan fingerprint density at radius 1 is 1.30 bits per heavy atom. The van der Waals surface area contributed by atoms with Crippen LogP contribution in [0.5, 0.6) is 0 Å². The molecule has 0 saturated heterocycles. The predicted molar refractivity (Wildman–Crippen MR) is 79.3 cm³/mol. The first-order valence-corrected chi connectivity index (χ1v) is 7.04. The third-order valence-corrected chi connectivity index (χ3v) is 3.14. The molecule has 6 heteroatoms. The van der Waals surface area contributed by atoms with Crippen molar-refractivity contribution in [2.75, 3.05) is 36.9 Å². The minimum Gasteiger partial charge on any atom is -0.385 e. The van der Waals surface area contributed by atoms with Crippen LogP contribution in [-0.4, -0.2) is 31.2 Å². The van der Waals surface area contributed by atoms with Gasteiger partial charge in [0.2, 0.25) is 0 Å². The van der Waals surface area contributed by atoms with Gasteiger partial charge in [0.15, 0.2) is 0 Å². The zero-order valence-corrected chi connectivity index (χ0v) is 11.7. The Morgan fingerprint density at radius 3 is 2.60 bits per heavy atom. The van der Waals surface area contributed by atoms with E-state index in [4.69, 9.17) is 4.74 Å². The minimum atomic E-state index is -0.379. The van der Waals surface area contributed by atoms with Gasteiger partial charge in [0.05, 0.1) is 11.5 Å². The normalized spacial score (nSPS) is 14.1. The van der Waals surface area contributed by atoms with Crippen LogP contribution in [0.2, 0.25) is 0 Å². The summed E-state index contributed by atoms with van der Waals surface area (Å²) in [5.74, 6) is 0.758. The van der Waals surface area contributed by atoms with Crippen molar-refractivity contribution in [3.8, 4) is 0 Å². The molecule has 0 aliphatic heterocycles. The van der Waals surface area contributed by atoms with E-state index >= 15 is 0 Å². The molecule has 1 aliphatic rings. The topological polar surface area (TPSA) is 76.4 Å². The van der Waals surface area contributed by atoms with Gasteiger partial charge in [0.25, 0.3) is 5.69 Å². The Labute approximate surface area is 118 Å². The number of rotatable bonds is 9. The van der Waals surface area contributed by atoms with Gasteiger partial charge in [-0.25, -0.2) is 0 Å². The number of nitro benzene ring substituents is 1. The Morgan fingerprint density at radius 2 is 2.00 bits per heavy atom. The van der Waals surface area contributed by atoms with Crippen LogP contribution in [0, 0.1) is 16.0 Å². The zero-order chi connectivity index (χ0) is 14.4. The molecule has 1 fully saturated rings. The molecule has 0 spiro atoms. The van der Waals surface area contributed by atoms with E-state index in [1.165, 1.54) is 18.9 Å². The number of hydrogen-bond donors (Lipinski definition) is 2. The monoisotopic (exact) mass is 279 g/mol. The number of ether oxygens (including phenoxy) is 1. The summed E-state index contributed by atoms with van der Waals surface area (Å²) in [4.78, 5) is 10.5. The maximum absolute atomic E-state index is 10.9. The van der Waals surface area contributed by atoms with Gasteiger partial charge in [-0.2, -0.15) is 0 Å². The van der Waals surface area contributed by atoms with Crippen molar-refractivity contribution in [2.24, 2.45) is 5.92 Å². The van der Waals surface area contributed by atoms with E-state index in [0.29, 0.717) is 13.2 Å². The molecule has 0 bridgehead atoms. The molecule has 0 heterocycles. The van der Waals surface area contributed by atoms with E-state index < -0.39 is 0 Å². The molecule has 2 rings (SSSR count). The van der Waals surface area contributed by atoms with E-state index in [1.54, 1.807) is 6.07 Å². The Kier molecular flexibility index (Phi) is 5.17. The average molecular weight is 279 g/mol. The smallest absolute Gasteiger partial charge is 0.273 e. The summed E-state index contributed by atoms with van der Waals surface area (Å²) in [5, 5.41) is 17.1. The summed E-state index contributed by atoms with van der Waals surface area (Å²) in [6, 6.07) is 4.96. The van der Waals surface area contributed by atoms with E-state index in [-0.39, 0.29) is 10.6 Å². The number of anilines is 2. The molecule has 2 N–H and O–H groups in total. The van der Waals surface area contributed by atoms with Crippen LogP contribution in [0.4, 0.5) is 17.1 Å². The minimum absolute atomic E-state index is 0.0878. The Hall–Kier alpha value is -1.82. The summed E-state index contributed by atoms with van der Waals surface area (Å²) in [5.41, 5.74) is 1.58. The van der Waals surface area contributed by atoms with Gasteiger partial charge in [0, 0.05) is 43.2 Å². The number of non-ortho nitro benzene ring substituents is 1. The van der Waals surface area contributed by atoms with Crippen LogP contribution in [0.3, 0.4) is 0 Å².